The minimum atomic E-state index is -0.343. The molecule has 1 amide bonds. The number of aromatic nitrogens is 3. The second-order valence-corrected chi connectivity index (χ2v) is 7.15. The number of aryl methyl sites for hydroxylation is 1. The Hall–Kier alpha value is -3.32. The molecule has 1 N–H and O–H groups in total. The number of nitrogens with one attached hydrogen (secondary N) is 1. The molecule has 2 aromatic carbocycles. The molecule has 2 aromatic heterocycles. The lowest BCUT2D eigenvalue weighted by Gasteiger charge is -2.07. The Balaban J connectivity index is 1.54. The second-order valence-electron chi connectivity index (χ2n) is 6.12. The van der Waals surface area contributed by atoms with Gasteiger partial charge in [0, 0.05) is 11.6 Å². The predicted molar refractivity (Wildman–Crippen MR) is 107 cm³/mol. The van der Waals surface area contributed by atoms with E-state index < -0.39 is 0 Å². The molecule has 0 fully saturated rings. The number of rotatable bonds is 4. The van der Waals surface area contributed by atoms with Crippen molar-refractivity contribution in [2.45, 2.75) is 13.5 Å². The number of carbonyl (C=O) groups is 1. The Morgan fingerprint density at radius 2 is 1.85 bits per heavy atom. The minimum absolute atomic E-state index is 0.172. The molecule has 0 aliphatic carbocycles. The van der Waals surface area contributed by atoms with Crippen LogP contribution in [-0.4, -0.2) is 20.7 Å². The highest BCUT2D eigenvalue weighted by Crippen LogP contribution is 2.25. The van der Waals surface area contributed by atoms with E-state index in [1.54, 1.807) is 6.07 Å². The smallest absolute Gasteiger partial charge is 0.267 e. The summed E-state index contributed by atoms with van der Waals surface area (Å²) in [6.07, 6.45) is 0. The van der Waals surface area contributed by atoms with Crippen molar-refractivity contribution in [1.29, 1.82) is 0 Å². The largest absolute Gasteiger partial charge is 0.300 e. The monoisotopic (exact) mass is 376 g/mol. The first-order valence-corrected chi connectivity index (χ1v) is 9.21. The average Bonchev–Trinajstić information content (AvgIpc) is 3.06. The fraction of sp³-hybridized carbons (Fsp3) is 0.100. The van der Waals surface area contributed by atoms with Crippen molar-refractivity contribution in [3.05, 3.63) is 76.6 Å². The molecule has 0 saturated heterocycles. The summed E-state index contributed by atoms with van der Waals surface area (Å²) in [7, 11) is 0. The SMILES string of the molecule is Cc1ccc(-c2ccc(=O)n(CC(=O)Nc3nc4ccccc4s3)n2)cc1. The number of nitrogens with zero attached hydrogens (tertiary/aromatic N) is 3. The van der Waals surface area contributed by atoms with E-state index in [1.807, 2.05) is 55.5 Å². The predicted octanol–water partition coefficient (Wildman–Crippen LogP) is 3.47. The lowest BCUT2D eigenvalue weighted by Crippen LogP contribution is -2.29. The zero-order valence-electron chi connectivity index (χ0n) is 14.5. The maximum absolute atomic E-state index is 12.4. The van der Waals surface area contributed by atoms with Crippen LogP contribution >= 0.6 is 11.3 Å². The second kappa shape index (κ2) is 7.13. The molecule has 0 radical (unpaired) electrons. The number of carbonyl (C=O) groups excluding carboxylic acids is 1. The average molecular weight is 376 g/mol. The van der Waals surface area contributed by atoms with Gasteiger partial charge in [0.25, 0.3) is 5.56 Å². The Kier molecular flexibility index (Phi) is 4.52. The molecule has 0 saturated carbocycles. The summed E-state index contributed by atoms with van der Waals surface area (Å²) in [6, 6.07) is 18.6. The van der Waals surface area contributed by atoms with Crippen LogP contribution in [0.1, 0.15) is 5.56 Å². The molecule has 134 valence electrons. The van der Waals surface area contributed by atoms with E-state index in [9.17, 15) is 9.59 Å². The molecule has 4 aromatic rings. The van der Waals surface area contributed by atoms with Crippen molar-refractivity contribution in [3.63, 3.8) is 0 Å². The standard InChI is InChI=1S/C20H16N4O2S/c1-13-6-8-14(9-7-13)15-10-11-19(26)24(23-15)12-18(25)22-20-21-16-4-2-3-5-17(16)27-20/h2-11H,12H2,1H3,(H,21,22,25). The van der Waals surface area contributed by atoms with Gasteiger partial charge in [-0.05, 0) is 25.1 Å². The van der Waals surface area contributed by atoms with Crippen LogP contribution in [0.4, 0.5) is 5.13 Å². The highest BCUT2D eigenvalue weighted by molar-refractivity contribution is 7.22. The molecule has 0 bridgehead atoms. The summed E-state index contributed by atoms with van der Waals surface area (Å²) >= 11 is 1.39. The molecule has 27 heavy (non-hydrogen) atoms. The molecule has 2 heterocycles. The van der Waals surface area contributed by atoms with Crippen LogP contribution in [0.5, 0.6) is 0 Å². The van der Waals surface area contributed by atoms with Crippen molar-refractivity contribution in [3.8, 4) is 11.3 Å². The Morgan fingerprint density at radius 1 is 1.07 bits per heavy atom. The topological polar surface area (TPSA) is 76.9 Å². The number of benzene rings is 2. The molecule has 7 heteroatoms. The fourth-order valence-electron chi connectivity index (χ4n) is 2.66. The van der Waals surface area contributed by atoms with Crippen molar-refractivity contribution in [1.82, 2.24) is 14.8 Å². The molecule has 0 unspecified atom stereocenters. The number of thiazole rings is 1. The molecule has 4 rings (SSSR count). The molecule has 0 aliphatic rings. The molecular formula is C20H16N4O2S. The zero-order chi connectivity index (χ0) is 18.8. The van der Waals surface area contributed by atoms with E-state index in [0.29, 0.717) is 10.8 Å². The van der Waals surface area contributed by atoms with Gasteiger partial charge in [-0.3, -0.25) is 9.59 Å². The molecule has 0 aliphatic heterocycles. The maximum atomic E-state index is 12.4. The summed E-state index contributed by atoms with van der Waals surface area (Å²) in [5.41, 5.74) is 3.17. The number of anilines is 1. The number of amides is 1. The van der Waals surface area contributed by atoms with E-state index in [0.717, 1.165) is 26.0 Å². The maximum Gasteiger partial charge on any atom is 0.267 e. The Labute approximate surface area is 159 Å². The Bertz CT molecular complexity index is 1150. The van der Waals surface area contributed by atoms with Crippen LogP contribution < -0.4 is 10.9 Å². The summed E-state index contributed by atoms with van der Waals surface area (Å²) in [4.78, 5) is 28.8. The summed E-state index contributed by atoms with van der Waals surface area (Å²) < 4.78 is 2.15. The summed E-state index contributed by atoms with van der Waals surface area (Å²) in [5, 5.41) is 7.57. The van der Waals surface area contributed by atoms with E-state index in [2.05, 4.69) is 15.4 Å². The summed E-state index contributed by atoms with van der Waals surface area (Å²) in [6.45, 7) is 1.83. The van der Waals surface area contributed by atoms with E-state index in [1.165, 1.54) is 17.4 Å². The highest BCUT2D eigenvalue weighted by atomic mass is 32.1. The van der Waals surface area contributed by atoms with Crippen LogP contribution in [0.25, 0.3) is 21.5 Å². The third kappa shape index (κ3) is 3.78. The first-order valence-electron chi connectivity index (χ1n) is 8.39. The van der Waals surface area contributed by atoms with Gasteiger partial charge >= 0.3 is 0 Å². The molecule has 0 atom stereocenters. The normalized spacial score (nSPS) is 10.9. The molecular weight excluding hydrogens is 360 g/mol. The van der Waals surface area contributed by atoms with Crippen molar-refractivity contribution < 1.29 is 4.79 Å². The van der Waals surface area contributed by atoms with Gasteiger partial charge in [0.05, 0.1) is 15.9 Å². The van der Waals surface area contributed by atoms with Gasteiger partial charge in [-0.15, -0.1) is 0 Å². The van der Waals surface area contributed by atoms with Gasteiger partial charge in [0.2, 0.25) is 5.91 Å². The fourth-order valence-corrected chi connectivity index (χ4v) is 3.54. The summed E-state index contributed by atoms with van der Waals surface area (Å²) in [5.74, 6) is -0.343. The van der Waals surface area contributed by atoms with Crippen LogP contribution in [0.15, 0.2) is 65.5 Å². The highest BCUT2D eigenvalue weighted by Gasteiger charge is 2.11. The molecule has 0 spiro atoms. The number of fused-ring (bicyclic) bond motifs is 1. The van der Waals surface area contributed by atoms with Crippen LogP contribution in [-0.2, 0) is 11.3 Å². The van der Waals surface area contributed by atoms with Gasteiger partial charge in [-0.2, -0.15) is 5.10 Å². The van der Waals surface area contributed by atoms with E-state index >= 15 is 0 Å². The van der Waals surface area contributed by atoms with Gasteiger partial charge in [0.1, 0.15) is 6.54 Å². The van der Waals surface area contributed by atoms with Crippen molar-refractivity contribution >= 4 is 32.6 Å². The van der Waals surface area contributed by atoms with E-state index in [-0.39, 0.29) is 18.0 Å². The Morgan fingerprint density at radius 3 is 2.63 bits per heavy atom. The van der Waals surface area contributed by atoms with Gasteiger partial charge in [0.15, 0.2) is 5.13 Å². The number of hydrogen-bond donors (Lipinski definition) is 1. The number of hydrogen-bond acceptors (Lipinski definition) is 5. The van der Waals surface area contributed by atoms with Crippen LogP contribution in [0.3, 0.4) is 0 Å². The third-order valence-electron chi connectivity index (χ3n) is 4.05. The quantitative estimate of drug-likeness (QED) is 0.592. The van der Waals surface area contributed by atoms with E-state index in [4.69, 9.17) is 0 Å². The third-order valence-corrected chi connectivity index (χ3v) is 5.00. The van der Waals surface area contributed by atoms with Gasteiger partial charge < -0.3 is 5.32 Å². The zero-order valence-corrected chi connectivity index (χ0v) is 15.4. The van der Waals surface area contributed by atoms with Gasteiger partial charge in [-0.25, -0.2) is 9.67 Å². The van der Waals surface area contributed by atoms with Crippen LogP contribution in [0.2, 0.25) is 0 Å². The van der Waals surface area contributed by atoms with Crippen LogP contribution in [0, 0.1) is 6.92 Å². The minimum Gasteiger partial charge on any atom is -0.300 e. The first kappa shape index (κ1) is 17.1. The van der Waals surface area contributed by atoms with Gasteiger partial charge in [-0.1, -0.05) is 53.3 Å². The molecule has 6 nitrogen and oxygen atoms in total. The van der Waals surface area contributed by atoms with Crippen molar-refractivity contribution in [2.75, 3.05) is 5.32 Å². The number of para-hydroxylation sites is 1. The first-order chi connectivity index (χ1) is 13.1. The van der Waals surface area contributed by atoms with Crippen molar-refractivity contribution in [2.24, 2.45) is 0 Å². The lowest BCUT2D eigenvalue weighted by atomic mass is 10.1. The lowest BCUT2D eigenvalue weighted by molar-refractivity contribution is -0.117.